The summed E-state index contributed by atoms with van der Waals surface area (Å²) in [6.07, 6.45) is 3.67. The van der Waals surface area contributed by atoms with Gasteiger partial charge in [-0.3, -0.25) is 4.79 Å². The highest BCUT2D eigenvalue weighted by atomic mass is 79.9. The summed E-state index contributed by atoms with van der Waals surface area (Å²) < 4.78 is 6.40. The average Bonchev–Trinajstić information content (AvgIpc) is 2.34. The summed E-state index contributed by atoms with van der Waals surface area (Å²) in [5.74, 6) is 0.404. The van der Waals surface area contributed by atoms with Gasteiger partial charge < -0.3 is 15.6 Å². The first-order chi connectivity index (χ1) is 9.06. The van der Waals surface area contributed by atoms with Crippen LogP contribution in [0.2, 0.25) is 0 Å². The Morgan fingerprint density at radius 3 is 2.63 bits per heavy atom. The molecule has 0 bridgehead atoms. The van der Waals surface area contributed by atoms with E-state index in [1.165, 1.54) is 6.92 Å². The molecule has 1 aromatic rings. The van der Waals surface area contributed by atoms with E-state index in [4.69, 9.17) is 15.6 Å². The van der Waals surface area contributed by atoms with Crippen molar-refractivity contribution in [3.8, 4) is 5.75 Å². The average molecular weight is 330 g/mol. The number of nitrogens with two attached hydrogens (primary N) is 1. The van der Waals surface area contributed by atoms with Gasteiger partial charge in [0.25, 0.3) is 0 Å². The zero-order valence-electron chi connectivity index (χ0n) is 11.1. The number of hydrogen-bond acceptors (Lipinski definition) is 4. The number of aliphatic hydroxyl groups is 1. The van der Waals surface area contributed by atoms with Crippen LogP contribution in [-0.2, 0) is 0 Å². The molecule has 0 aliphatic carbocycles. The van der Waals surface area contributed by atoms with E-state index in [9.17, 15) is 4.79 Å². The standard InChI is InChI=1S/C14H20BrNO3/c1-10(18)12-8-11(15)9-13(16)14(12)19-7-5-3-2-4-6-17/h8-9,17H,2-7,16H2,1H3. The minimum Gasteiger partial charge on any atom is -0.491 e. The first-order valence-corrected chi connectivity index (χ1v) is 7.19. The fraction of sp³-hybridized carbons (Fsp3) is 0.500. The van der Waals surface area contributed by atoms with Gasteiger partial charge in [0.15, 0.2) is 11.5 Å². The van der Waals surface area contributed by atoms with Gasteiger partial charge in [-0.05, 0) is 38.3 Å². The van der Waals surface area contributed by atoms with Crippen molar-refractivity contribution in [3.05, 3.63) is 22.2 Å². The Balaban J connectivity index is 2.59. The Bertz CT molecular complexity index is 435. The number of aliphatic hydroxyl groups excluding tert-OH is 1. The van der Waals surface area contributed by atoms with E-state index in [1.54, 1.807) is 12.1 Å². The van der Waals surface area contributed by atoms with Gasteiger partial charge in [0.2, 0.25) is 0 Å². The highest BCUT2D eigenvalue weighted by Crippen LogP contribution is 2.31. The highest BCUT2D eigenvalue weighted by molar-refractivity contribution is 9.10. The fourth-order valence-electron chi connectivity index (χ4n) is 1.78. The van der Waals surface area contributed by atoms with E-state index < -0.39 is 0 Å². The summed E-state index contributed by atoms with van der Waals surface area (Å²) in [6, 6.07) is 3.45. The van der Waals surface area contributed by atoms with Crippen LogP contribution in [0.25, 0.3) is 0 Å². The number of benzene rings is 1. The molecule has 0 amide bonds. The second-order valence-corrected chi connectivity index (χ2v) is 5.33. The maximum atomic E-state index is 11.6. The Labute approximate surface area is 122 Å². The minimum absolute atomic E-state index is 0.0664. The highest BCUT2D eigenvalue weighted by Gasteiger charge is 2.13. The molecular formula is C14H20BrNO3. The molecule has 0 atom stereocenters. The lowest BCUT2D eigenvalue weighted by atomic mass is 10.1. The van der Waals surface area contributed by atoms with E-state index in [-0.39, 0.29) is 12.4 Å². The molecule has 0 spiro atoms. The topological polar surface area (TPSA) is 72.6 Å². The number of rotatable bonds is 8. The maximum absolute atomic E-state index is 11.6. The largest absolute Gasteiger partial charge is 0.491 e. The number of halogens is 1. The zero-order valence-corrected chi connectivity index (χ0v) is 12.7. The minimum atomic E-state index is -0.0664. The van der Waals surface area contributed by atoms with E-state index in [0.717, 1.165) is 30.2 Å². The summed E-state index contributed by atoms with van der Waals surface area (Å²) in [5, 5.41) is 8.67. The van der Waals surface area contributed by atoms with Crippen molar-refractivity contribution >= 4 is 27.4 Å². The monoisotopic (exact) mass is 329 g/mol. The molecule has 0 saturated heterocycles. The molecule has 0 aromatic heterocycles. The molecule has 19 heavy (non-hydrogen) atoms. The van der Waals surface area contributed by atoms with Crippen LogP contribution in [-0.4, -0.2) is 24.1 Å². The number of hydrogen-bond donors (Lipinski definition) is 2. The second-order valence-electron chi connectivity index (χ2n) is 4.41. The third kappa shape index (κ3) is 5.20. The summed E-state index contributed by atoms with van der Waals surface area (Å²) in [5.41, 5.74) is 6.85. The van der Waals surface area contributed by atoms with Gasteiger partial charge in [-0.1, -0.05) is 22.4 Å². The van der Waals surface area contributed by atoms with E-state index in [2.05, 4.69) is 15.9 Å². The van der Waals surface area contributed by atoms with Crippen LogP contribution < -0.4 is 10.5 Å². The van der Waals surface area contributed by atoms with Crippen LogP contribution in [0.15, 0.2) is 16.6 Å². The van der Waals surface area contributed by atoms with Gasteiger partial charge in [-0.15, -0.1) is 0 Å². The molecular weight excluding hydrogens is 310 g/mol. The van der Waals surface area contributed by atoms with Crippen LogP contribution >= 0.6 is 15.9 Å². The molecule has 1 aromatic carbocycles. The van der Waals surface area contributed by atoms with Crippen molar-refractivity contribution in [2.24, 2.45) is 0 Å². The van der Waals surface area contributed by atoms with E-state index in [1.807, 2.05) is 0 Å². The third-order valence-electron chi connectivity index (χ3n) is 2.76. The van der Waals surface area contributed by atoms with Crippen molar-refractivity contribution in [1.82, 2.24) is 0 Å². The van der Waals surface area contributed by atoms with Gasteiger partial charge in [-0.25, -0.2) is 0 Å². The second kappa shape index (κ2) is 8.17. The zero-order chi connectivity index (χ0) is 14.3. The van der Waals surface area contributed by atoms with Gasteiger partial charge in [0.05, 0.1) is 17.9 Å². The molecule has 1 rings (SSSR count). The Kier molecular flexibility index (Phi) is 6.87. The molecule has 0 saturated carbocycles. The van der Waals surface area contributed by atoms with Crippen LogP contribution in [0, 0.1) is 0 Å². The number of Topliss-reactive ketones (excluding diaryl/α,β-unsaturated/α-hetero) is 1. The maximum Gasteiger partial charge on any atom is 0.163 e. The lowest BCUT2D eigenvalue weighted by Gasteiger charge is -2.13. The molecule has 0 unspecified atom stereocenters. The van der Waals surface area contributed by atoms with Crippen molar-refractivity contribution in [2.75, 3.05) is 18.9 Å². The van der Waals surface area contributed by atoms with Crippen LogP contribution in [0.5, 0.6) is 5.75 Å². The number of nitrogen functional groups attached to an aromatic ring is 1. The van der Waals surface area contributed by atoms with E-state index >= 15 is 0 Å². The van der Waals surface area contributed by atoms with Crippen molar-refractivity contribution in [3.63, 3.8) is 0 Å². The van der Waals surface area contributed by atoms with Gasteiger partial charge in [0, 0.05) is 11.1 Å². The predicted octanol–water partition coefficient (Wildman–Crippen LogP) is 3.17. The lowest BCUT2D eigenvalue weighted by Crippen LogP contribution is -2.06. The molecule has 3 N–H and O–H groups in total. The van der Waals surface area contributed by atoms with Crippen molar-refractivity contribution in [2.45, 2.75) is 32.6 Å². The molecule has 0 aliphatic heterocycles. The Morgan fingerprint density at radius 2 is 2.00 bits per heavy atom. The first kappa shape index (κ1) is 16.0. The number of unbranched alkanes of at least 4 members (excludes halogenated alkanes) is 3. The van der Waals surface area contributed by atoms with Crippen molar-refractivity contribution < 1.29 is 14.6 Å². The number of anilines is 1. The SMILES string of the molecule is CC(=O)c1cc(Br)cc(N)c1OCCCCCCO. The summed E-state index contributed by atoms with van der Waals surface area (Å²) in [4.78, 5) is 11.6. The molecule has 0 aliphatic rings. The number of ketones is 1. The molecule has 0 heterocycles. The smallest absolute Gasteiger partial charge is 0.163 e. The van der Waals surface area contributed by atoms with Gasteiger partial charge in [-0.2, -0.15) is 0 Å². The van der Waals surface area contributed by atoms with Crippen LogP contribution in [0.4, 0.5) is 5.69 Å². The third-order valence-corrected chi connectivity index (χ3v) is 3.22. The number of carbonyl (C=O) groups excluding carboxylic acids is 1. The fourth-order valence-corrected chi connectivity index (χ4v) is 2.25. The first-order valence-electron chi connectivity index (χ1n) is 6.40. The summed E-state index contributed by atoms with van der Waals surface area (Å²) >= 11 is 3.31. The molecule has 106 valence electrons. The van der Waals surface area contributed by atoms with Crippen LogP contribution in [0.1, 0.15) is 43.0 Å². The van der Waals surface area contributed by atoms with Gasteiger partial charge in [0.1, 0.15) is 0 Å². The Morgan fingerprint density at radius 1 is 1.32 bits per heavy atom. The Hall–Kier alpha value is -1.07. The summed E-state index contributed by atoms with van der Waals surface area (Å²) in [7, 11) is 0. The van der Waals surface area contributed by atoms with Crippen molar-refractivity contribution in [1.29, 1.82) is 0 Å². The quantitative estimate of drug-likeness (QED) is 0.436. The predicted molar refractivity (Wildman–Crippen MR) is 79.6 cm³/mol. The van der Waals surface area contributed by atoms with E-state index in [0.29, 0.717) is 23.6 Å². The number of ether oxygens (including phenoxy) is 1. The summed E-state index contributed by atoms with van der Waals surface area (Å²) in [6.45, 7) is 2.25. The molecule has 5 heteroatoms. The van der Waals surface area contributed by atoms with Gasteiger partial charge >= 0.3 is 0 Å². The number of carbonyl (C=O) groups is 1. The lowest BCUT2D eigenvalue weighted by molar-refractivity contribution is 0.101. The molecule has 0 radical (unpaired) electrons. The molecule has 0 fully saturated rings. The van der Waals surface area contributed by atoms with Crippen LogP contribution in [0.3, 0.4) is 0 Å². The normalized spacial score (nSPS) is 10.5. The molecule has 4 nitrogen and oxygen atoms in total.